The number of benzene rings is 1. The molecule has 0 aliphatic heterocycles. The summed E-state index contributed by atoms with van der Waals surface area (Å²) in [6.45, 7) is 3.73. The Kier molecular flexibility index (Phi) is 7.48. The van der Waals surface area contributed by atoms with E-state index in [1.165, 1.54) is 0 Å². The summed E-state index contributed by atoms with van der Waals surface area (Å²) >= 11 is 5.84. The summed E-state index contributed by atoms with van der Waals surface area (Å²) in [5.74, 6) is -0.0823. The van der Waals surface area contributed by atoms with Crippen LogP contribution in [0.4, 0.5) is 0 Å². The van der Waals surface area contributed by atoms with Crippen LogP contribution in [0.2, 0.25) is 5.02 Å². The minimum Gasteiger partial charge on any atom is -0.480 e. The molecule has 2 N–H and O–H groups in total. The Hall–Kier alpha value is -1.63. The van der Waals surface area contributed by atoms with Gasteiger partial charge >= 0.3 is 5.97 Å². The fourth-order valence-corrected chi connectivity index (χ4v) is 2.19. The minimum absolute atomic E-state index is 0. The first-order valence-electron chi connectivity index (χ1n) is 7.09. The SMILES string of the molecule is CCCC(NC(C)c1nc(-c2ccc(Cl)cc2)no1)C(=O)O.Cl. The van der Waals surface area contributed by atoms with Crippen molar-refractivity contribution in [2.75, 3.05) is 0 Å². The van der Waals surface area contributed by atoms with Crippen molar-refractivity contribution >= 4 is 30.0 Å². The summed E-state index contributed by atoms with van der Waals surface area (Å²) in [5.41, 5.74) is 0.787. The molecular weight excluding hydrogens is 341 g/mol. The maximum absolute atomic E-state index is 11.2. The van der Waals surface area contributed by atoms with Gasteiger partial charge < -0.3 is 9.63 Å². The molecule has 0 spiro atoms. The van der Waals surface area contributed by atoms with E-state index in [0.717, 1.165) is 12.0 Å². The van der Waals surface area contributed by atoms with Crippen LogP contribution < -0.4 is 5.32 Å². The maximum Gasteiger partial charge on any atom is 0.320 e. The summed E-state index contributed by atoms with van der Waals surface area (Å²) in [7, 11) is 0. The Morgan fingerprint density at radius 3 is 2.61 bits per heavy atom. The van der Waals surface area contributed by atoms with Crippen LogP contribution in [-0.2, 0) is 4.79 Å². The third kappa shape index (κ3) is 5.20. The van der Waals surface area contributed by atoms with Crippen LogP contribution in [0, 0.1) is 0 Å². The van der Waals surface area contributed by atoms with Crippen molar-refractivity contribution in [3.05, 3.63) is 35.2 Å². The highest BCUT2D eigenvalue weighted by molar-refractivity contribution is 6.30. The monoisotopic (exact) mass is 359 g/mol. The Morgan fingerprint density at radius 1 is 1.39 bits per heavy atom. The van der Waals surface area contributed by atoms with Gasteiger partial charge in [0.2, 0.25) is 11.7 Å². The highest BCUT2D eigenvalue weighted by Crippen LogP contribution is 2.21. The third-order valence-corrected chi connectivity index (χ3v) is 3.49. The van der Waals surface area contributed by atoms with Crippen LogP contribution in [0.1, 0.15) is 38.6 Å². The molecule has 0 bridgehead atoms. The second kappa shape index (κ2) is 8.86. The molecule has 126 valence electrons. The number of rotatable bonds is 7. The predicted molar refractivity (Wildman–Crippen MR) is 89.9 cm³/mol. The Labute approximate surface area is 145 Å². The van der Waals surface area contributed by atoms with E-state index >= 15 is 0 Å². The minimum atomic E-state index is -0.883. The summed E-state index contributed by atoms with van der Waals surface area (Å²) in [6.07, 6.45) is 1.31. The highest BCUT2D eigenvalue weighted by atomic mass is 35.5. The number of aliphatic carboxylic acids is 1. The molecule has 0 aliphatic rings. The molecule has 2 unspecified atom stereocenters. The van der Waals surface area contributed by atoms with Crippen LogP contribution in [0.5, 0.6) is 0 Å². The van der Waals surface area contributed by atoms with Gasteiger partial charge in [-0.1, -0.05) is 30.1 Å². The van der Waals surface area contributed by atoms with Crippen LogP contribution in [0.3, 0.4) is 0 Å². The first-order valence-corrected chi connectivity index (χ1v) is 7.47. The first-order chi connectivity index (χ1) is 10.5. The lowest BCUT2D eigenvalue weighted by Crippen LogP contribution is -2.38. The van der Waals surface area contributed by atoms with Crippen molar-refractivity contribution < 1.29 is 14.4 Å². The fourth-order valence-electron chi connectivity index (χ4n) is 2.07. The standard InChI is InChI=1S/C15H18ClN3O3.ClH/c1-3-4-12(15(20)21)17-9(2)14-18-13(19-22-14)10-5-7-11(16)8-6-10;/h5-9,12,17H,3-4H2,1-2H3,(H,20,21);1H. The number of carboxylic acid groups (broad SMARTS) is 1. The molecule has 0 saturated carbocycles. The Balaban J connectivity index is 0.00000264. The van der Waals surface area contributed by atoms with Crippen molar-refractivity contribution in [2.45, 2.75) is 38.8 Å². The van der Waals surface area contributed by atoms with E-state index in [2.05, 4.69) is 15.5 Å². The Bertz CT molecular complexity index is 631. The molecule has 0 fully saturated rings. The molecule has 2 aromatic rings. The fraction of sp³-hybridized carbons (Fsp3) is 0.400. The smallest absolute Gasteiger partial charge is 0.320 e. The Morgan fingerprint density at radius 2 is 2.04 bits per heavy atom. The van der Waals surface area contributed by atoms with E-state index in [-0.39, 0.29) is 18.4 Å². The van der Waals surface area contributed by atoms with Gasteiger partial charge in [-0.15, -0.1) is 12.4 Å². The number of aromatic nitrogens is 2. The zero-order chi connectivity index (χ0) is 16.1. The number of carboxylic acids is 1. The molecule has 23 heavy (non-hydrogen) atoms. The molecule has 2 atom stereocenters. The van der Waals surface area contributed by atoms with Gasteiger partial charge in [0.15, 0.2) is 0 Å². The second-order valence-corrected chi connectivity index (χ2v) is 5.47. The van der Waals surface area contributed by atoms with Gasteiger partial charge in [0.05, 0.1) is 6.04 Å². The van der Waals surface area contributed by atoms with Gasteiger partial charge in [-0.3, -0.25) is 10.1 Å². The van der Waals surface area contributed by atoms with Gasteiger partial charge in [-0.25, -0.2) is 0 Å². The summed E-state index contributed by atoms with van der Waals surface area (Å²) in [4.78, 5) is 15.5. The van der Waals surface area contributed by atoms with Crippen molar-refractivity contribution in [2.24, 2.45) is 0 Å². The maximum atomic E-state index is 11.2. The average Bonchev–Trinajstić information content (AvgIpc) is 2.97. The quantitative estimate of drug-likeness (QED) is 0.783. The average molecular weight is 360 g/mol. The topological polar surface area (TPSA) is 88.3 Å². The molecule has 6 nitrogen and oxygen atoms in total. The lowest BCUT2D eigenvalue weighted by molar-refractivity contribution is -0.139. The van der Waals surface area contributed by atoms with Gasteiger partial charge in [-0.05, 0) is 37.6 Å². The molecular formula is C15H19Cl2N3O3. The van der Waals surface area contributed by atoms with Gasteiger partial charge in [0.25, 0.3) is 0 Å². The van der Waals surface area contributed by atoms with E-state index in [1.54, 1.807) is 31.2 Å². The number of hydrogen-bond acceptors (Lipinski definition) is 5. The lowest BCUT2D eigenvalue weighted by Gasteiger charge is -2.16. The van der Waals surface area contributed by atoms with Crippen LogP contribution in [0.15, 0.2) is 28.8 Å². The van der Waals surface area contributed by atoms with E-state index in [0.29, 0.717) is 23.2 Å². The first kappa shape index (κ1) is 19.4. The number of halogens is 2. The van der Waals surface area contributed by atoms with Crippen molar-refractivity contribution in [1.29, 1.82) is 0 Å². The molecule has 1 heterocycles. The van der Waals surface area contributed by atoms with Gasteiger partial charge in [-0.2, -0.15) is 4.98 Å². The van der Waals surface area contributed by atoms with E-state index in [1.807, 2.05) is 6.92 Å². The normalized spacial score (nSPS) is 13.2. The highest BCUT2D eigenvalue weighted by Gasteiger charge is 2.22. The lowest BCUT2D eigenvalue weighted by atomic mass is 10.1. The molecule has 0 saturated heterocycles. The van der Waals surface area contributed by atoms with Gasteiger partial charge in [0, 0.05) is 10.6 Å². The zero-order valence-corrected chi connectivity index (χ0v) is 14.4. The van der Waals surface area contributed by atoms with Crippen LogP contribution in [-0.4, -0.2) is 27.3 Å². The number of nitrogens with zero attached hydrogens (tertiary/aromatic N) is 2. The van der Waals surface area contributed by atoms with Gasteiger partial charge in [0.1, 0.15) is 6.04 Å². The number of hydrogen-bond donors (Lipinski definition) is 2. The van der Waals surface area contributed by atoms with Crippen LogP contribution in [0.25, 0.3) is 11.4 Å². The molecule has 1 aromatic heterocycles. The number of carbonyl (C=O) groups is 1. The van der Waals surface area contributed by atoms with Crippen LogP contribution >= 0.6 is 24.0 Å². The third-order valence-electron chi connectivity index (χ3n) is 3.24. The van der Waals surface area contributed by atoms with E-state index < -0.39 is 12.0 Å². The summed E-state index contributed by atoms with van der Waals surface area (Å²) in [6, 6.07) is 6.11. The van der Waals surface area contributed by atoms with Crippen molar-refractivity contribution in [3.63, 3.8) is 0 Å². The molecule has 2 rings (SSSR count). The van der Waals surface area contributed by atoms with E-state index in [9.17, 15) is 4.79 Å². The molecule has 0 radical (unpaired) electrons. The molecule has 1 aromatic carbocycles. The van der Waals surface area contributed by atoms with E-state index in [4.69, 9.17) is 21.2 Å². The second-order valence-electron chi connectivity index (χ2n) is 5.03. The largest absolute Gasteiger partial charge is 0.480 e. The predicted octanol–water partition coefficient (Wildman–Crippen LogP) is 3.72. The molecule has 0 aliphatic carbocycles. The van der Waals surface area contributed by atoms with Crippen molar-refractivity contribution in [3.8, 4) is 11.4 Å². The molecule has 8 heteroatoms. The summed E-state index contributed by atoms with van der Waals surface area (Å²) in [5, 5.41) is 16.7. The van der Waals surface area contributed by atoms with Crippen molar-refractivity contribution in [1.82, 2.24) is 15.5 Å². The number of nitrogens with one attached hydrogen (secondary N) is 1. The zero-order valence-electron chi connectivity index (χ0n) is 12.8. The molecule has 0 amide bonds. The summed E-state index contributed by atoms with van der Waals surface area (Å²) < 4.78 is 5.22.